The summed E-state index contributed by atoms with van der Waals surface area (Å²) in [6, 6.07) is 51.2. The first kappa shape index (κ1) is 29.9. The van der Waals surface area contributed by atoms with Crippen LogP contribution in [0.15, 0.2) is 121 Å². The summed E-state index contributed by atoms with van der Waals surface area (Å²) in [5, 5.41) is 3.47. The van der Waals surface area contributed by atoms with E-state index in [4.69, 9.17) is 9.72 Å². The summed E-state index contributed by atoms with van der Waals surface area (Å²) in [5.41, 5.74) is 7.92. The van der Waals surface area contributed by atoms with Crippen LogP contribution in [0.25, 0.3) is 55.3 Å². The Labute approximate surface area is 284 Å². The van der Waals surface area contributed by atoms with Gasteiger partial charge in [0.1, 0.15) is 5.75 Å². The van der Waals surface area contributed by atoms with Gasteiger partial charge in [0, 0.05) is 71.0 Å². The third-order valence-corrected chi connectivity index (χ3v) is 6.95. The molecule has 0 spiro atoms. The van der Waals surface area contributed by atoms with Crippen LogP contribution in [0.2, 0.25) is 0 Å². The average molecular weight is 792 g/mol. The molecule has 1 aliphatic rings. The summed E-state index contributed by atoms with van der Waals surface area (Å²) < 4.78 is 6.00. The number of pyridine rings is 2. The van der Waals surface area contributed by atoms with Gasteiger partial charge in [-0.05, 0) is 34.7 Å². The van der Waals surface area contributed by atoms with E-state index in [2.05, 4.69) is 47.4 Å². The van der Waals surface area contributed by atoms with E-state index in [-0.39, 0.29) is 52.8 Å². The molecular formula is C37H22IrN2OY-4. The molecule has 0 aliphatic carbocycles. The standard InChI is InChI=1S/C22H12NO.C15H10N.Ir.Y/c1-2-7-15(8-3-1)17-10-6-11-18-19(17)14-24-21-13-16-9-4-5-12-20(16)23-22(18)21;1-2-7-13(8-3-1)15-14-9-5-4-6-12(14)10-11-16-15;;/h1-7,9,12-13H,14H2;1-7,9-11H;;/q-3;-1;;. The molecule has 0 amide bonds. The maximum Gasteiger partial charge on any atom is 0.141 e. The number of rotatable bonds is 2. The molecule has 8 rings (SSSR count). The average Bonchev–Trinajstić information content (AvgIpc) is 3.04. The SMILES string of the molecule is [Ir].[Y].[c-]1ccccc1-c1[c-]c[c-]c2c1COc1cc3ccccc3nc1-2.[c-]1ccccc1-c1nccc2ccccc12. The first-order chi connectivity index (χ1) is 19.8. The Bertz CT molecular complexity index is 1960. The van der Waals surface area contributed by atoms with Crippen LogP contribution in [0.4, 0.5) is 0 Å². The Morgan fingerprint density at radius 3 is 2.12 bits per heavy atom. The van der Waals surface area contributed by atoms with Crippen LogP contribution in [0, 0.1) is 24.3 Å². The molecule has 5 aromatic carbocycles. The molecule has 0 N–H and O–H groups in total. The van der Waals surface area contributed by atoms with Gasteiger partial charge in [-0.1, -0.05) is 42.5 Å². The van der Waals surface area contributed by atoms with Gasteiger partial charge >= 0.3 is 0 Å². The predicted molar refractivity (Wildman–Crippen MR) is 159 cm³/mol. The van der Waals surface area contributed by atoms with E-state index >= 15 is 0 Å². The van der Waals surface area contributed by atoms with E-state index in [1.54, 1.807) is 0 Å². The van der Waals surface area contributed by atoms with E-state index in [9.17, 15) is 0 Å². The number of fused-ring (bicyclic) bond motifs is 5. The third kappa shape index (κ3) is 6.00. The maximum atomic E-state index is 6.00. The van der Waals surface area contributed by atoms with Gasteiger partial charge in [0.25, 0.3) is 0 Å². The van der Waals surface area contributed by atoms with Crippen LogP contribution >= 0.6 is 0 Å². The molecule has 3 heterocycles. The van der Waals surface area contributed by atoms with Crippen LogP contribution < -0.4 is 4.74 Å². The molecule has 5 heteroatoms. The number of hydrogen-bond donors (Lipinski definition) is 0. The van der Waals surface area contributed by atoms with Gasteiger partial charge in [-0.2, -0.15) is 17.7 Å². The van der Waals surface area contributed by atoms with Gasteiger partial charge in [0.2, 0.25) is 0 Å². The minimum absolute atomic E-state index is 0. The molecular weight excluding hydrogens is 770 g/mol. The Morgan fingerprint density at radius 2 is 1.33 bits per heavy atom. The van der Waals surface area contributed by atoms with Crippen molar-refractivity contribution in [2.75, 3.05) is 0 Å². The Kier molecular flexibility index (Phi) is 9.72. The zero-order valence-corrected chi connectivity index (χ0v) is 27.7. The van der Waals surface area contributed by atoms with Crippen molar-refractivity contribution in [2.24, 2.45) is 0 Å². The molecule has 1 aliphatic heterocycles. The first-order valence-corrected chi connectivity index (χ1v) is 13.1. The van der Waals surface area contributed by atoms with Crippen LogP contribution in [0.5, 0.6) is 5.75 Å². The fraction of sp³-hybridized carbons (Fsp3) is 0.0270. The first-order valence-electron chi connectivity index (χ1n) is 13.1. The Morgan fingerprint density at radius 1 is 0.643 bits per heavy atom. The fourth-order valence-corrected chi connectivity index (χ4v) is 5.03. The second-order valence-corrected chi connectivity index (χ2v) is 9.41. The summed E-state index contributed by atoms with van der Waals surface area (Å²) in [4.78, 5) is 9.26. The summed E-state index contributed by atoms with van der Waals surface area (Å²) in [5.74, 6) is 0.812. The molecule has 2 aromatic heterocycles. The zero-order valence-electron chi connectivity index (χ0n) is 22.5. The molecule has 0 unspecified atom stereocenters. The van der Waals surface area contributed by atoms with Crippen molar-refractivity contribution in [3.05, 3.63) is 151 Å². The minimum Gasteiger partial charge on any atom is -0.505 e. The minimum atomic E-state index is 0. The van der Waals surface area contributed by atoms with Gasteiger partial charge in [0.15, 0.2) is 0 Å². The summed E-state index contributed by atoms with van der Waals surface area (Å²) in [6.07, 6.45) is 1.85. The quantitative estimate of drug-likeness (QED) is 0.165. The second-order valence-electron chi connectivity index (χ2n) is 9.41. The molecule has 3 nitrogen and oxygen atoms in total. The fourth-order valence-electron chi connectivity index (χ4n) is 5.03. The number of nitrogens with zero attached hydrogens (tertiary/aromatic N) is 2. The smallest absolute Gasteiger partial charge is 0.141 e. The van der Waals surface area contributed by atoms with Gasteiger partial charge < -0.3 is 26.9 Å². The van der Waals surface area contributed by atoms with Crippen molar-refractivity contribution in [1.29, 1.82) is 0 Å². The maximum absolute atomic E-state index is 6.00. The molecule has 0 saturated heterocycles. The van der Waals surface area contributed by atoms with Crippen LogP contribution in [0.3, 0.4) is 0 Å². The molecule has 0 bridgehead atoms. The van der Waals surface area contributed by atoms with Crippen LogP contribution in [-0.2, 0) is 59.4 Å². The summed E-state index contributed by atoms with van der Waals surface area (Å²) in [7, 11) is 0. The van der Waals surface area contributed by atoms with Gasteiger partial charge in [-0.3, -0.25) is 12.1 Å². The largest absolute Gasteiger partial charge is 0.505 e. The van der Waals surface area contributed by atoms with Gasteiger partial charge in [-0.25, -0.2) is 22.7 Å². The topological polar surface area (TPSA) is 35.0 Å². The Balaban J connectivity index is 0.000000172. The summed E-state index contributed by atoms with van der Waals surface area (Å²) >= 11 is 0. The van der Waals surface area contributed by atoms with Crippen molar-refractivity contribution in [2.45, 2.75) is 6.61 Å². The molecule has 2 radical (unpaired) electrons. The summed E-state index contributed by atoms with van der Waals surface area (Å²) in [6.45, 7) is 0.494. The van der Waals surface area contributed by atoms with Crippen molar-refractivity contribution in [3.63, 3.8) is 0 Å². The van der Waals surface area contributed by atoms with Crippen molar-refractivity contribution < 1.29 is 57.6 Å². The molecule has 7 aromatic rings. The number of aromatic nitrogens is 2. The molecule has 0 saturated carbocycles. The molecule has 0 fully saturated rings. The third-order valence-electron chi connectivity index (χ3n) is 6.95. The van der Waals surface area contributed by atoms with Gasteiger partial charge in [-0.15, -0.1) is 42.0 Å². The molecule has 42 heavy (non-hydrogen) atoms. The predicted octanol–water partition coefficient (Wildman–Crippen LogP) is 8.56. The number of benzene rings is 5. The van der Waals surface area contributed by atoms with E-state index in [0.29, 0.717) is 6.61 Å². The zero-order chi connectivity index (χ0) is 26.7. The van der Waals surface area contributed by atoms with E-state index < -0.39 is 0 Å². The van der Waals surface area contributed by atoms with Gasteiger partial charge in [0.05, 0.1) is 11.2 Å². The van der Waals surface area contributed by atoms with E-state index in [1.165, 1.54) is 10.8 Å². The number of hydrogen-bond acceptors (Lipinski definition) is 3. The molecule has 202 valence electrons. The molecule has 0 atom stereocenters. The normalized spacial score (nSPS) is 11.0. The Hall–Kier alpha value is -3.53. The van der Waals surface area contributed by atoms with E-state index in [0.717, 1.165) is 55.9 Å². The number of para-hydroxylation sites is 1. The number of ether oxygens (including phenoxy) is 1. The van der Waals surface area contributed by atoms with Crippen LogP contribution in [0.1, 0.15) is 5.56 Å². The van der Waals surface area contributed by atoms with Crippen molar-refractivity contribution >= 4 is 21.7 Å². The monoisotopic (exact) mass is 792 g/mol. The van der Waals surface area contributed by atoms with Crippen molar-refractivity contribution in [3.8, 4) is 39.4 Å². The van der Waals surface area contributed by atoms with Crippen LogP contribution in [-0.4, -0.2) is 9.97 Å². The van der Waals surface area contributed by atoms with Crippen molar-refractivity contribution in [1.82, 2.24) is 9.97 Å². The van der Waals surface area contributed by atoms with E-state index in [1.807, 2.05) is 103 Å². The second kappa shape index (κ2) is 13.6.